The summed E-state index contributed by atoms with van der Waals surface area (Å²) in [6.45, 7) is 1.70. The van der Waals surface area contributed by atoms with Gasteiger partial charge in [0.1, 0.15) is 6.54 Å². The van der Waals surface area contributed by atoms with Gasteiger partial charge in [-0.3, -0.25) is 9.59 Å². The first kappa shape index (κ1) is 26.5. The fraction of sp³-hybridized carbons (Fsp3) is 0.400. The van der Waals surface area contributed by atoms with Crippen molar-refractivity contribution in [2.45, 2.75) is 56.5 Å². The highest BCUT2D eigenvalue weighted by Crippen LogP contribution is 2.28. The molecule has 0 unspecified atom stereocenters. The van der Waals surface area contributed by atoms with Gasteiger partial charge < -0.3 is 9.30 Å². The van der Waals surface area contributed by atoms with Gasteiger partial charge in [0.05, 0.1) is 22.2 Å². The first-order chi connectivity index (χ1) is 17.1. The van der Waals surface area contributed by atoms with Crippen LogP contribution in [0.1, 0.15) is 48.0 Å². The van der Waals surface area contributed by atoms with E-state index in [2.05, 4.69) is 4.99 Å². The molecule has 1 fully saturated rings. The van der Waals surface area contributed by atoms with Gasteiger partial charge in [-0.05, 0) is 61.7 Å². The first-order valence-electron chi connectivity index (χ1n) is 11.7. The third-order valence-corrected chi connectivity index (χ3v) is 9.99. The van der Waals surface area contributed by atoms with Gasteiger partial charge in [-0.25, -0.2) is 8.42 Å². The second kappa shape index (κ2) is 10.8. The number of methoxy groups -OCH3 is 1. The average Bonchev–Trinajstić information content (AvgIpc) is 3.23. The molecule has 0 spiro atoms. The highest BCUT2D eigenvalue weighted by molar-refractivity contribution is 7.89. The number of aryl methyl sites for hydroxylation is 1. The molecule has 1 aliphatic rings. The molecule has 4 rings (SSSR count). The summed E-state index contributed by atoms with van der Waals surface area (Å²) in [6.07, 6.45) is 4.90. The molecular weight excluding hydrogens is 522 g/mol. The largest absolute Gasteiger partial charge is 0.468 e. The van der Waals surface area contributed by atoms with E-state index in [1.165, 1.54) is 47.0 Å². The first-order valence-corrected chi connectivity index (χ1v) is 14.3. The number of nitrogens with zero attached hydrogens (tertiary/aromatic N) is 3. The Labute approximate surface area is 219 Å². The van der Waals surface area contributed by atoms with E-state index in [4.69, 9.17) is 16.3 Å². The third-order valence-electron chi connectivity index (χ3n) is 6.61. The Morgan fingerprint density at radius 2 is 1.81 bits per heavy atom. The van der Waals surface area contributed by atoms with Gasteiger partial charge in [-0.1, -0.05) is 42.2 Å². The van der Waals surface area contributed by atoms with E-state index >= 15 is 0 Å². The third kappa shape index (κ3) is 5.27. The maximum absolute atomic E-state index is 13.1. The van der Waals surface area contributed by atoms with Gasteiger partial charge in [-0.15, -0.1) is 0 Å². The molecule has 0 bridgehead atoms. The van der Waals surface area contributed by atoms with Gasteiger partial charge in [-0.2, -0.15) is 9.30 Å². The fourth-order valence-electron chi connectivity index (χ4n) is 4.47. The van der Waals surface area contributed by atoms with E-state index in [9.17, 15) is 18.0 Å². The molecule has 0 aliphatic heterocycles. The molecular formula is C25H28ClN3O5S2. The van der Waals surface area contributed by atoms with Crippen LogP contribution in [0.2, 0.25) is 5.02 Å². The predicted molar refractivity (Wildman–Crippen MR) is 140 cm³/mol. The van der Waals surface area contributed by atoms with Gasteiger partial charge >= 0.3 is 5.97 Å². The molecule has 1 aliphatic carbocycles. The number of amides is 1. The Kier molecular flexibility index (Phi) is 7.99. The summed E-state index contributed by atoms with van der Waals surface area (Å²) in [5.74, 6) is -1.03. The monoisotopic (exact) mass is 549 g/mol. The number of sulfonamides is 1. The number of aromatic nitrogens is 1. The zero-order valence-corrected chi connectivity index (χ0v) is 22.8. The highest BCUT2D eigenvalue weighted by Gasteiger charge is 2.29. The van der Waals surface area contributed by atoms with E-state index in [1.807, 2.05) is 13.0 Å². The fourth-order valence-corrected chi connectivity index (χ4v) is 7.12. The molecule has 1 saturated carbocycles. The van der Waals surface area contributed by atoms with Crippen LogP contribution >= 0.6 is 22.9 Å². The number of benzene rings is 2. The summed E-state index contributed by atoms with van der Waals surface area (Å²) < 4.78 is 34.9. The number of esters is 1. The van der Waals surface area contributed by atoms with Crippen molar-refractivity contribution in [2.24, 2.45) is 4.99 Å². The van der Waals surface area contributed by atoms with Crippen LogP contribution in [0.4, 0.5) is 0 Å². The lowest BCUT2D eigenvalue weighted by Gasteiger charge is -2.30. The minimum absolute atomic E-state index is 0.00441. The van der Waals surface area contributed by atoms with E-state index in [-0.39, 0.29) is 23.0 Å². The van der Waals surface area contributed by atoms with Gasteiger partial charge in [0, 0.05) is 23.7 Å². The van der Waals surface area contributed by atoms with Gasteiger partial charge in [0.2, 0.25) is 10.0 Å². The minimum atomic E-state index is -3.66. The van der Waals surface area contributed by atoms with Crippen LogP contribution in [0.25, 0.3) is 10.2 Å². The standard InChI is InChI=1S/C25H28ClN3O5S2/c1-16-20(26)13-14-21-23(16)29(15-22(30)34-3)25(35-21)27-24(31)17-9-11-19(12-10-17)36(32,33)28(2)18-7-5-4-6-8-18/h9-14,18H,4-8,15H2,1-3H3. The molecule has 0 atom stereocenters. The van der Waals surface area contributed by atoms with E-state index < -0.39 is 21.9 Å². The Balaban J connectivity index is 1.66. The van der Waals surface area contributed by atoms with Crippen molar-refractivity contribution in [1.29, 1.82) is 0 Å². The van der Waals surface area contributed by atoms with Gasteiger partial charge in [0.15, 0.2) is 4.80 Å². The van der Waals surface area contributed by atoms with Crippen molar-refractivity contribution in [3.63, 3.8) is 0 Å². The normalized spacial score (nSPS) is 15.5. The predicted octanol–water partition coefficient (Wildman–Crippen LogP) is 4.53. The van der Waals surface area contributed by atoms with Crippen molar-refractivity contribution in [3.8, 4) is 0 Å². The van der Waals surface area contributed by atoms with Crippen molar-refractivity contribution >= 4 is 55.1 Å². The molecule has 3 aromatic rings. The van der Waals surface area contributed by atoms with Crippen LogP contribution in [0, 0.1) is 6.92 Å². The number of hydrogen-bond acceptors (Lipinski definition) is 6. The number of halogens is 1. The number of thiazole rings is 1. The topological polar surface area (TPSA) is 98.0 Å². The number of ether oxygens (including phenoxy) is 1. The Hall–Kier alpha value is -2.53. The molecule has 1 amide bonds. The van der Waals surface area contributed by atoms with Crippen LogP contribution in [0.5, 0.6) is 0 Å². The van der Waals surface area contributed by atoms with Crippen LogP contribution in [0.3, 0.4) is 0 Å². The van der Waals surface area contributed by atoms with Gasteiger partial charge in [0.25, 0.3) is 5.91 Å². The molecule has 8 nitrogen and oxygen atoms in total. The number of carbonyl (C=O) groups is 2. The average molecular weight is 550 g/mol. The van der Waals surface area contributed by atoms with Crippen LogP contribution < -0.4 is 4.80 Å². The lowest BCUT2D eigenvalue weighted by Crippen LogP contribution is -2.38. The zero-order chi connectivity index (χ0) is 26.0. The second-order valence-corrected chi connectivity index (χ2v) is 12.2. The van der Waals surface area contributed by atoms with E-state index in [0.717, 1.165) is 42.4 Å². The minimum Gasteiger partial charge on any atom is -0.468 e. The van der Waals surface area contributed by atoms with Crippen molar-refractivity contribution < 1.29 is 22.7 Å². The lowest BCUT2D eigenvalue weighted by molar-refractivity contribution is -0.141. The summed E-state index contributed by atoms with van der Waals surface area (Å²) in [4.78, 5) is 29.8. The number of hydrogen-bond donors (Lipinski definition) is 0. The highest BCUT2D eigenvalue weighted by atomic mass is 35.5. The molecule has 1 aromatic heterocycles. The van der Waals surface area contributed by atoms with Crippen LogP contribution in [-0.2, 0) is 26.1 Å². The van der Waals surface area contributed by atoms with Crippen molar-refractivity contribution in [3.05, 3.63) is 57.3 Å². The maximum Gasteiger partial charge on any atom is 0.325 e. The second-order valence-electron chi connectivity index (χ2n) is 8.82. The summed E-state index contributed by atoms with van der Waals surface area (Å²) in [5, 5.41) is 0.534. The molecule has 0 radical (unpaired) electrons. The molecule has 11 heteroatoms. The summed E-state index contributed by atoms with van der Waals surface area (Å²) >= 11 is 7.55. The quantitative estimate of drug-likeness (QED) is 0.421. The smallest absolute Gasteiger partial charge is 0.325 e. The number of carbonyl (C=O) groups excluding carboxylic acids is 2. The molecule has 0 saturated heterocycles. The Bertz CT molecular complexity index is 1470. The van der Waals surface area contributed by atoms with E-state index in [1.54, 1.807) is 17.7 Å². The van der Waals surface area contributed by atoms with E-state index in [0.29, 0.717) is 15.3 Å². The lowest BCUT2D eigenvalue weighted by atomic mass is 9.96. The Morgan fingerprint density at radius 3 is 2.44 bits per heavy atom. The van der Waals surface area contributed by atoms with Crippen LogP contribution in [0.15, 0.2) is 46.3 Å². The van der Waals surface area contributed by atoms with Crippen LogP contribution in [-0.4, -0.2) is 49.4 Å². The molecule has 0 N–H and O–H groups in total. The Morgan fingerprint density at radius 1 is 1.14 bits per heavy atom. The molecule has 1 heterocycles. The van der Waals surface area contributed by atoms with Crippen molar-refractivity contribution in [2.75, 3.05) is 14.2 Å². The zero-order valence-electron chi connectivity index (χ0n) is 20.4. The molecule has 2 aromatic carbocycles. The summed E-state index contributed by atoms with van der Waals surface area (Å²) in [6, 6.07) is 9.38. The SMILES string of the molecule is COC(=O)Cn1c(=NC(=O)c2ccc(S(=O)(=O)N(C)C3CCCCC3)cc2)sc2ccc(Cl)c(C)c21. The molecule has 192 valence electrons. The summed E-state index contributed by atoms with van der Waals surface area (Å²) in [5.41, 5.74) is 1.71. The maximum atomic E-state index is 13.1. The number of rotatable bonds is 6. The molecule has 36 heavy (non-hydrogen) atoms. The summed E-state index contributed by atoms with van der Waals surface area (Å²) in [7, 11) is -0.751. The van der Waals surface area contributed by atoms with Crippen molar-refractivity contribution in [1.82, 2.24) is 8.87 Å². The number of fused-ring (bicyclic) bond motifs is 1.